The molecule has 1 aliphatic rings. The Labute approximate surface area is 164 Å². The molecule has 25 heavy (non-hydrogen) atoms. The van der Waals surface area contributed by atoms with Gasteiger partial charge in [-0.3, -0.25) is 4.79 Å². The van der Waals surface area contributed by atoms with Gasteiger partial charge in [-0.25, -0.2) is 0 Å². The standard InChI is InChI=1S/C19H31N3O.2ClH/c1-15-8-10-17(11-9-15)18(20)19(23)21-12-4-6-14-22-13-5-3-7-16(22)2;;/h8-11,16,18H,3-7,12-14,20H2,1-2H3,(H,21,23);2*1H. The third-order valence-electron chi connectivity index (χ3n) is 4.83. The lowest BCUT2D eigenvalue weighted by molar-refractivity contribution is -0.122. The first kappa shape index (κ1) is 24.2. The number of amides is 1. The fraction of sp³-hybridized carbons (Fsp3) is 0.632. The van der Waals surface area contributed by atoms with Gasteiger partial charge >= 0.3 is 0 Å². The number of halogens is 2. The summed E-state index contributed by atoms with van der Waals surface area (Å²) in [5.74, 6) is -0.0832. The predicted octanol–water partition coefficient (Wildman–Crippen LogP) is 3.61. The SMILES string of the molecule is Cc1ccc(C(N)C(=O)NCCCCN2CCCCC2C)cc1.Cl.Cl. The van der Waals surface area contributed by atoms with E-state index in [-0.39, 0.29) is 30.7 Å². The number of carbonyl (C=O) groups is 1. The molecule has 6 heteroatoms. The van der Waals surface area contributed by atoms with E-state index in [0.29, 0.717) is 12.6 Å². The number of aryl methyl sites for hydroxylation is 1. The molecule has 1 aromatic rings. The lowest BCUT2D eigenvalue weighted by Crippen LogP contribution is -2.38. The van der Waals surface area contributed by atoms with E-state index in [2.05, 4.69) is 17.1 Å². The molecule has 0 spiro atoms. The van der Waals surface area contributed by atoms with Crippen LogP contribution in [0.4, 0.5) is 0 Å². The minimum absolute atomic E-state index is 0. The number of unbranched alkanes of at least 4 members (excludes halogenated alkanes) is 1. The normalized spacial score (nSPS) is 18.6. The number of benzene rings is 1. The van der Waals surface area contributed by atoms with Gasteiger partial charge in [0.05, 0.1) is 0 Å². The van der Waals surface area contributed by atoms with Crippen LogP contribution in [0.1, 0.15) is 56.2 Å². The molecule has 144 valence electrons. The van der Waals surface area contributed by atoms with E-state index in [1.54, 1.807) is 0 Å². The van der Waals surface area contributed by atoms with Crippen LogP contribution in [0.5, 0.6) is 0 Å². The molecule has 0 aromatic heterocycles. The Morgan fingerprint density at radius 3 is 2.56 bits per heavy atom. The van der Waals surface area contributed by atoms with Crippen molar-refractivity contribution in [2.75, 3.05) is 19.6 Å². The lowest BCUT2D eigenvalue weighted by Gasteiger charge is -2.33. The first-order chi connectivity index (χ1) is 11.1. The molecule has 2 unspecified atom stereocenters. The average Bonchev–Trinajstić information content (AvgIpc) is 2.56. The molecule has 1 fully saturated rings. The van der Waals surface area contributed by atoms with Crippen molar-refractivity contribution in [3.05, 3.63) is 35.4 Å². The molecule has 2 rings (SSSR count). The molecule has 0 aliphatic carbocycles. The van der Waals surface area contributed by atoms with Gasteiger partial charge < -0.3 is 16.0 Å². The van der Waals surface area contributed by atoms with Crippen molar-refractivity contribution < 1.29 is 4.79 Å². The monoisotopic (exact) mass is 389 g/mol. The molecule has 0 bridgehead atoms. The Morgan fingerprint density at radius 1 is 1.24 bits per heavy atom. The molecule has 1 heterocycles. The first-order valence-corrected chi connectivity index (χ1v) is 8.92. The zero-order chi connectivity index (χ0) is 16.7. The molecule has 1 saturated heterocycles. The second-order valence-electron chi connectivity index (χ2n) is 6.77. The van der Waals surface area contributed by atoms with Crippen molar-refractivity contribution in [3.8, 4) is 0 Å². The topological polar surface area (TPSA) is 58.4 Å². The van der Waals surface area contributed by atoms with Crippen molar-refractivity contribution >= 4 is 30.7 Å². The largest absolute Gasteiger partial charge is 0.354 e. The maximum atomic E-state index is 12.1. The summed E-state index contributed by atoms with van der Waals surface area (Å²) in [6, 6.07) is 7.98. The van der Waals surface area contributed by atoms with Gasteiger partial charge in [0.15, 0.2) is 0 Å². The highest BCUT2D eigenvalue weighted by molar-refractivity contribution is 5.85. The van der Waals surface area contributed by atoms with Crippen molar-refractivity contribution in [3.63, 3.8) is 0 Å². The number of hydrogen-bond acceptors (Lipinski definition) is 3. The van der Waals surface area contributed by atoms with E-state index in [1.165, 1.54) is 31.4 Å². The van der Waals surface area contributed by atoms with Gasteiger partial charge in [-0.05, 0) is 58.2 Å². The lowest BCUT2D eigenvalue weighted by atomic mass is 10.0. The Kier molecular flexibility index (Phi) is 12.1. The zero-order valence-electron chi connectivity index (χ0n) is 15.4. The molecule has 1 amide bonds. The molecule has 0 saturated carbocycles. The van der Waals surface area contributed by atoms with Gasteiger partial charge in [-0.2, -0.15) is 0 Å². The number of nitrogens with one attached hydrogen (secondary N) is 1. The summed E-state index contributed by atoms with van der Waals surface area (Å²) in [6.45, 7) is 7.42. The predicted molar refractivity (Wildman–Crippen MR) is 110 cm³/mol. The molecule has 0 radical (unpaired) electrons. The molecule has 3 N–H and O–H groups in total. The van der Waals surface area contributed by atoms with E-state index in [0.717, 1.165) is 24.9 Å². The first-order valence-electron chi connectivity index (χ1n) is 8.92. The van der Waals surface area contributed by atoms with Crippen LogP contribution in [0.15, 0.2) is 24.3 Å². The average molecular weight is 390 g/mol. The summed E-state index contributed by atoms with van der Waals surface area (Å²) in [4.78, 5) is 14.7. The van der Waals surface area contributed by atoms with E-state index < -0.39 is 6.04 Å². The maximum absolute atomic E-state index is 12.1. The van der Waals surface area contributed by atoms with Crippen LogP contribution in [0.2, 0.25) is 0 Å². The molecular formula is C19H33Cl2N3O. The number of piperidine rings is 1. The van der Waals surface area contributed by atoms with Crippen LogP contribution >= 0.6 is 24.8 Å². The quantitative estimate of drug-likeness (QED) is 0.700. The number of carbonyl (C=O) groups excluding carboxylic acids is 1. The van der Waals surface area contributed by atoms with Gasteiger partial charge in [0, 0.05) is 12.6 Å². The number of nitrogens with two attached hydrogens (primary N) is 1. The minimum Gasteiger partial charge on any atom is -0.354 e. The van der Waals surface area contributed by atoms with E-state index >= 15 is 0 Å². The highest BCUT2D eigenvalue weighted by atomic mass is 35.5. The number of likely N-dealkylation sites (tertiary alicyclic amines) is 1. The van der Waals surface area contributed by atoms with Crippen LogP contribution < -0.4 is 11.1 Å². The summed E-state index contributed by atoms with van der Waals surface area (Å²) in [5.41, 5.74) is 8.06. The fourth-order valence-electron chi connectivity index (χ4n) is 3.18. The Morgan fingerprint density at radius 2 is 1.92 bits per heavy atom. The van der Waals surface area contributed by atoms with Crippen molar-refractivity contribution in [1.29, 1.82) is 0 Å². The summed E-state index contributed by atoms with van der Waals surface area (Å²) in [6.07, 6.45) is 6.15. The van der Waals surface area contributed by atoms with Crippen LogP contribution in [-0.4, -0.2) is 36.5 Å². The Hall–Kier alpha value is -0.810. The third kappa shape index (κ3) is 7.95. The summed E-state index contributed by atoms with van der Waals surface area (Å²) in [7, 11) is 0. The number of rotatable bonds is 7. The van der Waals surface area contributed by atoms with Gasteiger partial charge in [-0.1, -0.05) is 36.2 Å². The van der Waals surface area contributed by atoms with Gasteiger partial charge in [-0.15, -0.1) is 24.8 Å². The maximum Gasteiger partial charge on any atom is 0.241 e. The van der Waals surface area contributed by atoms with Crippen LogP contribution in [-0.2, 0) is 4.79 Å². The summed E-state index contributed by atoms with van der Waals surface area (Å²) < 4.78 is 0. The Bertz CT molecular complexity index is 496. The van der Waals surface area contributed by atoms with Crippen LogP contribution in [0, 0.1) is 6.92 Å². The van der Waals surface area contributed by atoms with Crippen LogP contribution in [0.3, 0.4) is 0 Å². The number of hydrogen-bond donors (Lipinski definition) is 2. The molecular weight excluding hydrogens is 357 g/mol. The molecule has 4 nitrogen and oxygen atoms in total. The highest BCUT2D eigenvalue weighted by Crippen LogP contribution is 2.16. The van der Waals surface area contributed by atoms with Crippen LogP contribution in [0.25, 0.3) is 0 Å². The smallest absolute Gasteiger partial charge is 0.241 e. The van der Waals surface area contributed by atoms with Crippen molar-refractivity contribution in [1.82, 2.24) is 10.2 Å². The summed E-state index contributed by atoms with van der Waals surface area (Å²) >= 11 is 0. The van der Waals surface area contributed by atoms with E-state index in [9.17, 15) is 4.79 Å². The third-order valence-corrected chi connectivity index (χ3v) is 4.83. The van der Waals surface area contributed by atoms with Gasteiger partial charge in [0.25, 0.3) is 0 Å². The summed E-state index contributed by atoms with van der Waals surface area (Å²) in [5, 5.41) is 2.96. The van der Waals surface area contributed by atoms with Crippen molar-refractivity contribution in [2.45, 2.75) is 58.0 Å². The van der Waals surface area contributed by atoms with E-state index in [1.807, 2.05) is 31.2 Å². The van der Waals surface area contributed by atoms with Gasteiger partial charge in [0.2, 0.25) is 5.91 Å². The second-order valence-corrected chi connectivity index (χ2v) is 6.77. The van der Waals surface area contributed by atoms with E-state index in [4.69, 9.17) is 5.73 Å². The molecule has 1 aliphatic heterocycles. The zero-order valence-corrected chi connectivity index (χ0v) is 17.0. The van der Waals surface area contributed by atoms with Gasteiger partial charge in [0.1, 0.15) is 6.04 Å². The molecule has 1 aromatic carbocycles. The number of nitrogens with zero attached hydrogens (tertiary/aromatic N) is 1. The second kappa shape index (κ2) is 12.5. The highest BCUT2D eigenvalue weighted by Gasteiger charge is 2.17. The van der Waals surface area contributed by atoms with Crippen molar-refractivity contribution in [2.24, 2.45) is 5.73 Å². The fourth-order valence-corrected chi connectivity index (χ4v) is 3.18. The Balaban J connectivity index is 0.00000288. The minimum atomic E-state index is -0.572. The molecule has 2 atom stereocenters.